The van der Waals surface area contributed by atoms with E-state index in [0.29, 0.717) is 12.6 Å². The van der Waals surface area contributed by atoms with Crippen molar-refractivity contribution in [3.63, 3.8) is 0 Å². The SMILES string of the molecule is CN=C(NCc1ccnc(OC2CCCC2)c1)N1CCN(c2ccccn2)CC1. The molecule has 2 aromatic heterocycles. The molecule has 154 valence electrons. The Morgan fingerprint density at radius 1 is 1.10 bits per heavy atom. The minimum absolute atomic E-state index is 0.328. The number of rotatable bonds is 5. The highest BCUT2D eigenvalue weighted by Crippen LogP contribution is 2.23. The second-order valence-electron chi connectivity index (χ2n) is 7.59. The van der Waals surface area contributed by atoms with Crippen LogP contribution in [0.15, 0.2) is 47.7 Å². The van der Waals surface area contributed by atoms with Gasteiger partial charge in [0.05, 0.1) is 0 Å². The third kappa shape index (κ3) is 5.16. The number of piperazine rings is 1. The van der Waals surface area contributed by atoms with Gasteiger partial charge in [-0.3, -0.25) is 4.99 Å². The number of nitrogens with zero attached hydrogens (tertiary/aromatic N) is 5. The van der Waals surface area contributed by atoms with Gasteiger partial charge in [-0.05, 0) is 49.4 Å². The van der Waals surface area contributed by atoms with E-state index in [9.17, 15) is 0 Å². The van der Waals surface area contributed by atoms with E-state index < -0.39 is 0 Å². The quantitative estimate of drug-likeness (QED) is 0.621. The van der Waals surface area contributed by atoms with Gasteiger partial charge in [0.2, 0.25) is 5.88 Å². The van der Waals surface area contributed by atoms with Crippen molar-refractivity contribution in [1.29, 1.82) is 0 Å². The largest absolute Gasteiger partial charge is 0.474 e. The van der Waals surface area contributed by atoms with Crippen molar-refractivity contribution >= 4 is 11.8 Å². The standard InChI is InChI=1S/C22H30N6O/c1-23-22(28-14-12-27(13-15-28)20-8-4-5-10-24-20)26-17-18-9-11-25-21(16-18)29-19-6-2-3-7-19/h4-5,8-11,16,19H,2-3,6-7,12-15,17H2,1H3,(H,23,26). The number of hydrogen-bond donors (Lipinski definition) is 1. The third-order valence-electron chi connectivity index (χ3n) is 5.60. The maximum atomic E-state index is 6.03. The van der Waals surface area contributed by atoms with Crippen molar-refractivity contribution < 1.29 is 4.74 Å². The van der Waals surface area contributed by atoms with Crippen molar-refractivity contribution in [2.45, 2.75) is 38.3 Å². The van der Waals surface area contributed by atoms with Gasteiger partial charge in [-0.2, -0.15) is 0 Å². The van der Waals surface area contributed by atoms with Crippen molar-refractivity contribution in [2.24, 2.45) is 4.99 Å². The average Bonchev–Trinajstić information content (AvgIpc) is 3.29. The van der Waals surface area contributed by atoms with E-state index in [1.165, 1.54) is 12.8 Å². The summed E-state index contributed by atoms with van der Waals surface area (Å²) in [5.74, 6) is 2.71. The lowest BCUT2D eigenvalue weighted by Crippen LogP contribution is -2.52. The van der Waals surface area contributed by atoms with E-state index in [1.54, 1.807) is 0 Å². The van der Waals surface area contributed by atoms with E-state index in [2.05, 4.69) is 36.1 Å². The van der Waals surface area contributed by atoms with Gasteiger partial charge in [0.1, 0.15) is 11.9 Å². The molecule has 29 heavy (non-hydrogen) atoms. The Balaban J connectivity index is 1.29. The predicted molar refractivity (Wildman–Crippen MR) is 115 cm³/mol. The molecule has 0 amide bonds. The first-order valence-corrected chi connectivity index (χ1v) is 10.5. The summed E-state index contributed by atoms with van der Waals surface area (Å²) in [6.45, 7) is 4.42. The van der Waals surface area contributed by atoms with Gasteiger partial charge < -0.3 is 19.9 Å². The number of nitrogens with one attached hydrogen (secondary N) is 1. The Kier molecular flexibility index (Phi) is 6.44. The molecular weight excluding hydrogens is 364 g/mol. The van der Waals surface area contributed by atoms with E-state index in [4.69, 9.17) is 4.74 Å². The van der Waals surface area contributed by atoms with Crippen molar-refractivity contribution in [1.82, 2.24) is 20.2 Å². The summed E-state index contributed by atoms with van der Waals surface area (Å²) < 4.78 is 6.03. The molecule has 0 spiro atoms. The van der Waals surface area contributed by atoms with Crippen LogP contribution in [0.1, 0.15) is 31.2 Å². The van der Waals surface area contributed by atoms with Crippen LogP contribution < -0.4 is 15.0 Å². The lowest BCUT2D eigenvalue weighted by Gasteiger charge is -2.37. The third-order valence-corrected chi connectivity index (χ3v) is 5.60. The summed E-state index contributed by atoms with van der Waals surface area (Å²) >= 11 is 0. The van der Waals surface area contributed by atoms with E-state index >= 15 is 0 Å². The fourth-order valence-electron chi connectivity index (χ4n) is 4.00. The minimum atomic E-state index is 0.328. The number of ether oxygens (including phenoxy) is 1. The Bertz CT molecular complexity index is 798. The van der Waals surface area contributed by atoms with E-state index in [-0.39, 0.29) is 0 Å². The first-order chi connectivity index (χ1) is 14.3. The molecule has 0 radical (unpaired) electrons. The fraction of sp³-hybridized carbons (Fsp3) is 0.500. The summed E-state index contributed by atoms with van der Waals surface area (Å²) in [6.07, 6.45) is 8.81. The molecular formula is C22H30N6O. The zero-order valence-corrected chi connectivity index (χ0v) is 17.1. The number of hydrogen-bond acceptors (Lipinski definition) is 5. The molecule has 1 aliphatic heterocycles. The molecule has 3 heterocycles. The molecule has 2 fully saturated rings. The number of pyridine rings is 2. The van der Waals surface area contributed by atoms with Crippen molar-refractivity contribution in [2.75, 3.05) is 38.1 Å². The van der Waals surface area contributed by atoms with Crippen LogP contribution in [0.2, 0.25) is 0 Å². The summed E-state index contributed by atoms with van der Waals surface area (Å²) in [7, 11) is 1.84. The average molecular weight is 395 g/mol. The summed E-state index contributed by atoms with van der Waals surface area (Å²) in [5, 5.41) is 3.49. The molecule has 2 aromatic rings. The Morgan fingerprint density at radius 3 is 2.66 bits per heavy atom. The minimum Gasteiger partial charge on any atom is -0.474 e. The van der Waals surface area contributed by atoms with E-state index in [1.807, 2.05) is 43.7 Å². The Labute approximate surface area is 172 Å². The highest BCUT2D eigenvalue weighted by Gasteiger charge is 2.20. The lowest BCUT2D eigenvalue weighted by molar-refractivity contribution is 0.201. The number of aliphatic imine (C=N–C) groups is 1. The molecule has 1 saturated heterocycles. The second kappa shape index (κ2) is 9.58. The molecule has 7 heteroatoms. The maximum Gasteiger partial charge on any atom is 0.213 e. The maximum absolute atomic E-state index is 6.03. The van der Waals surface area contributed by atoms with E-state index in [0.717, 1.165) is 62.2 Å². The number of guanidine groups is 1. The van der Waals surface area contributed by atoms with Gasteiger partial charge in [-0.1, -0.05) is 6.07 Å². The first-order valence-electron chi connectivity index (χ1n) is 10.5. The zero-order chi connectivity index (χ0) is 19.9. The van der Waals surface area contributed by atoms with Crippen LogP contribution in [0.4, 0.5) is 5.82 Å². The molecule has 0 atom stereocenters. The predicted octanol–water partition coefficient (Wildman–Crippen LogP) is 2.70. The molecule has 0 aromatic carbocycles. The van der Waals surface area contributed by atoms with Gasteiger partial charge in [0, 0.05) is 58.2 Å². The highest BCUT2D eigenvalue weighted by molar-refractivity contribution is 5.80. The van der Waals surface area contributed by atoms with Crippen LogP contribution in [0.5, 0.6) is 5.88 Å². The lowest BCUT2D eigenvalue weighted by atomic mass is 10.2. The smallest absolute Gasteiger partial charge is 0.213 e. The van der Waals surface area contributed by atoms with Crippen LogP contribution in [-0.2, 0) is 6.54 Å². The first kappa shape index (κ1) is 19.5. The monoisotopic (exact) mass is 394 g/mol. The van der Waals surface area contributed by atoms with Gasteiger partial charge in [0.25, 0.3) is 0 Å². The molecule has 1 aliphatic carbocycles. The fourth-order valence-corrected chi connectivity index (χ4v) is 4.00. The molecule has 0 unspecified atom stereocenters. The number of aromatic nitrogens is 2. The number of anilines is 1. The normalized spacial score (nSPS) is 18.2. The van der Waals surface area contributed by atoms with Gasteiger partial charge in [-0.15, -0.1) is 0 Å². The molecule has 7 nitrogen and oxygen atoms in total. The highest BCUT2D eigenvalue weighted by atomic mass is 16.5. The van der Waals surface area contributed by atoms with Crippen LogP contribution >= 0.6 is 0 Å². The molecule has 1 saturated carbocycles. The Morgan fingerprint density at radius 2 is 1.93 bits per heavy atom. The molecule has 4 rings (SSSR count). The van der Waals surface area contributed by atoms with Crippen molar-refractivity contribution in [3.8, 4) is 5.88 Å². The van der Waals surface area contributed by atoms with Crippen LogP contribution in [0.3, 0.4) is 0 Å². The molecule has 1 N–H and O–H groups in total. The Hall–Kier alpha value is -2.83. The molecule has 0 bridgehead atoms. The van der Waals surface area contributed by atoms with Crippen LogP contribution in [0, 0.1) is 0 Å². The van der Waals surface area contributed by atoms with Crippen LogP contribution in [-0.4, -0.2) is 60.2 Å². The summed E-state index contributed by atoms with van der Waals surface area (Å²) in [5.41, 5.74) is 1.15. The molecule has 2 aliphatic rings. The topological polar surface area (TPSA) is 65.9 Å². The summed E-state index contributed by atoms with van der Waals surface area (Å²) in [6, 6.07) is 10.1. The van der Waals surface area contributed by atoms with Gasteiger partial charge >= 0.3 is 0 Å². The van der Waals surface area contributed by atoms with Crippen LogP contribution in [0.25, 0.3) is 0 Å². The second-order valence-corrected chi connectivity index (χ2v) is 7.59. The van der Waals surface area contributed by atoms with Gasteiger partial charge in [-0.25, -0.2) is 9.97 Å². The van der Waals surface area contributed by atoms with Crippen molar-refractivity contribution in [3.05, 3.63) is 48.3 Å². The zero-order valence-electron chi connectivity index (χ0n) is 17.1. The van der Waals surface area contributed by atoms with Gasteiger partial charge in [0.15, 0.2) is 5.96 Å². The summed E-state index contributed by atoms with van der Waals surface area (Å²) in [4.78, 5) is 17.9.